The number of fused-ring (bicyclic) bond motifs is 1. The van der Waals surface area contributed by atoms with Crippen molar-refractivity contribution in [2.24, 2.45) is 5.92 Å². The van der Waals surface area contributed by atoms with Gasteiger partial charge in [0.1, 0.15) is 0 Å². The molecule has 1 heterocycles. The molecule has 0 bridgehead atoms. The number of piperidine rings is 1. The topological polar surface area (TPSA) is 78.5 Å². The highest BCUT2D eigenvalue weighted by Gasteiger charge is 2.32. The van der Waals surface area contributed by atoms with Gasteiger partial charge in [-0.2, -0.15) is 0 Å². The van der Waals surface area contributed by atoms with Gasteiger partial charge in [-0.05, 0) is 79.0 Å². The number of rotatable bonds is 7. The Morgan fingerprint density at radius 2 is 1.70 bits per heavy atom. The van der Waals surface area contributed by atoms with Gasteiger partial charge in [-0.1, -0.05) is 55.5 Å². The van der Waals surface area contributed by atoms with E-state index in [-0.39, 0.29) is 17.9 Å². The number of benzene rings is 3. The van der Waals surface area contributed by atoms with Gasteiger partial charge in [0, 0.05) is 36.9 Å². The number of likely N-dealkylation sites (tertiary alicyclic amines) is 1. The lowest BCUT2D eigenvalue weighted by atomic mass is 9.94. The molecular weight excluding hydrogens is 482 g/mol. The van der Waals surface area contributed by atoms with E-state index in [1.807, 2.05) is 31.2 Å². The van der Waals surface area contributed by atoms with E-state index in [4.69, 9.17) is 0 Å². The standard InChI is InChI=1S/C30H35N3O3S/c1-21-9-6-7-12-24(21)30(34)31-28-15-16-29(26-14-8-13-25(26)28)37(35,36)32-27-17-18-33(19-22(27)2)20-23-10-4-3-5-11-23/h3-7,9-12,15-16,22,27,32H,8,13-14,17-20H2,1-2H3,(H,31,34)/t22-,27-/m1/s1. The normalized spacial score (nSPS) is 19.9. The number of hydrogen-bond acceptors (Lipinski definition) is 4. The summed E-state index contributed by atoms with van der Waals surface area (Å²) in [6.45, 7) is 6.62. The second-order valence-electron chi connectivity index (χ2n) is 10.4. The Kier molecular flexibility index (Phi) is 7.47. The third-order valence-corrected chi connectivity index (χ3v) is 9.29. The van der Waals surface area contributed by atoms with Gasteiger partial charge in [-0.25, -0.2) is 13.1 Å². The Labute approximate surface area is 220 Å². The van der Waals surface area contributed by atoms with Crippen LogP contribution >= 0.6 is 0 Å². The largest absolute Gasteiger partial charge is 0.322 e. The maximum atomic E-state index is 13.6. The van der Waals surface area contributed by atoms with Crippen LogP contribution in [-0.4, -0.2) is 38.4 Å². The molecule has 2 aliphatic rings. The Hall–Kier alpha value is -3.00. The quantitative estimate of drug-likeness (QED) is 0.466. The molecule has 1 amide bonds. The van der Waals surface area contributed by atoms with Crippen LogP contribution in [0.2, 0.25) is 0 Å². The van der Waals surface area contributed by atoms with Crippen LogP contribution in [0.5, 0.6) is 0 Å². The van der Waals surface area contributed by atoms with Crippen LogP contribution in [-0.2, 0) is 29.4 Å². The number of anilines is 1. The SMILES string of the molecule is Cc1ccccc1C(=O)Nc1ccc(S(=O)(=O)N[C@@H]2CCN(Cc3ccccc3)C[C@H]2C)c2c1CCC2. The number of amides is 1. The summed E-state index contributed by atoms with van der Waals surface area (Å²) in [4.78, 5) is 15.7. The Morgan fingerprint density at radius 1 is 0.973 bits per heavy atom. The summed E-state index contributed by atoms with van der Waals surface area (Å²) >= 11 is 0. The number of carbonyl (C=O) groups excluding carboxylic acids is 1. The molecule has 1 aliphatic carbocycles. The average molecular weight is 518 g/mol. The molecule has 1 fully saturated rings. The molecule has 0 radical (unpaired) electrons. The van der Waals surface area contributed by atoms with E-state index in [1.54, 1.807) is 18.2 Å². The summed E-state index contributed by atoms with van der Waals surface area (Å²) in [5.74, 6) is 0.0324. The molecule has 7 heteroatoms. The van der Waals surface area contributed by atoms with E-state index in [0.717, 1.165) is 55.6 Å². The van der Waals surface area contributed by atoms with Crippen LogP contribution in [0.1, 0.15) is 52.4 Å². The van der Waals surface area contributed by atoms with Crippen molar-refractivity contribution in [2.75, 3.05) is 18.4 Å². The predicted octanol–water partition coefficient (Wildman–Crippen LogP) is 4.92. The van der Waals surface area contributed by atoms with Crippen LogP contribution in [0, 0.1) is 12.8 Å². The highest BCUT2D eigenvalue weighted by molar-refractivity contribution is 7.89. The van der Waals surface area contributed by atoms with Gasteiger partial charge in [-0.3, -0.25) is 9.69 Å². The highest BCUT2D eigenvalue weighted by atomic mass is 32.2. The Bertz CT molecular complexity index is 1390. The highest BCUT2D eigenvalue weighted by Crippen LogP contribution is 2.35. The minimum Gasteiger partial charge on any atom is -0.322 e. The van der Waals surface area contributed by atoms with Gasteiger partial charge in [0.05, 0.1) is 4.90 Å². The van der Waals surface area contributed by atoms with E-state index >= 15 is 0 Å². The van der Waals surface area contributed by atoms with Crippen molar-refractivity contribution in [2.45, 2.75) is 57.0 Å². The van der Waals surface area contributed by atoms with Crippen molar-refractivity contribution in [3.8, 4) is 0 Å². The van der Waals surface area contributed by atoms with E-state index in [1.165, 1.54) is 5.56 Å². The zero-order valence-electron chi connectivity index (χ0n) is 21.5. The molecule has 2 N–H and O–H groups in total. The van der Waals surface area contributed by atoms with E-state index in [0.29, 0.717) is 22.6 Å². The van der Waals surface area contributed by atoms with Gasteiger partial charge < -0.3 is 5.32 Å². The summed E-state index contributed by atoms with van der Waals surface area (Å²) in [5.41, 5.74) is 5.30. The number of carbonyl (C=O) groups is 1. The molecule has 2 atom stereocenters. The molecule has 37 heavy (non-hydrogen) atoms. The number of nitrogens with one attached hydrogen (secondary N) is 2. The minimum absolute atomic E-state index is 0.102. The van der Waals surface area contributed by atoms with Crippen LogP contribution in [0.4, 0.5) is 5.69 Å². The zero-order chi connectivity index (χ0) is 26.0. The smallest absolute Gasteiger partial charge is 0.255 e. The molecule has 5 rings (SSSR count). The Morgan fingerprint density at radius 3 is 2.46 bits per heavy atom. The second kappa shape index (κ2) is 10.8. The van der Waals surface area contributed by atoms with Gasteiger partial charge >= 0.3 is 0 Å². The number of nitrogens with zero attached hydrogens (tertiary/aromatic N) is 1. The first-order chi connectivity index (χ1) is 17.8. The third kappa shape index (κ3) is 5.64. The molecule has 1 aliphatic heterocycles. The summed E-state index contributed by atoms with van der Waals surface area (Å²) in [7, 11) is -3.68. The lowest BCUT2D eigenvalue weighted by Gasteiger charge is -2.37. The van der Waals surface area contributed by atoms with Crippen LogP contribution in [0.3, 0.4) is 0 Å². The molecule has 1 saturated heterocycles. The molecule has 0 unspecified atom stereocenters. The maximum absolute atomic E-state index is 13.6. The fraction of sp³-hybridized carbons (Fsp3) is 0.367. The average Bonchev–Trinajstić information content (AvgIpc) is 3.37. The van der Waals surface area contributed by atoms with E-state index in [2.05, 4.69) is 46.1 Å². The number of sulfonamides is 1. The van der Waals surface area contributed by atoms with E-state index in [9.17, 15) is 13.2 Å². The second-order valence-corrected chi connectivity index (χ2v) is 12.1. The minimum atomic E-state index is -3.68. The van der Waals surface area contributed by atoms with Crippen molar-refractivity contribution < 1.29 is 13.2 Å². The summed E-state index contributed by atoms with van der Waals surface area (Å²) < 4.78 is 30.2. The monoisotopic (exact) mass is 517 g/mol. The first-order valence-corrected chi connectivity index (χ1v) is 14.6. The van der Waals surface area contributed by atoms with Crippen molar-refractivity contribution in [3.63, 3.8) is 0 Å². The molecule has 0 aromatic heterocycles. The number of aryl methyl sites for hydroxylation is 1. The molecule has 3 aromatic rings. The van der Waals surface area contributed by atoms with E-state index < -0.39 is 10.0 Å². The van der Waals surface area contributed by atoms with Crippen molar-refractivity contribution in [1.82, 2.24) is 9.62 Å². The lowest BCUT2D eigenvalue weighted by molar-refractivity contribution is 0.102. The number of hydrogen-bond donors (Lipinski definition) is 2. The van der Waals surface area contributed by atoms with Gasteiger partial charge in [0.25, 0.3) is 5.91 Å². The maximum Gasteiger partial charge on any atom is 0.255 e. The van der Waals surface area contributed by atoms with Crippen LogP contribution in [0.25, 0.3) is 0 Å². The van der Waals surface area contributed by atoms with Gasteiger partial charge in [-0.15, -0.1) is 0 Å². The van der Waals surface area contributed by atoms with Gasteiger partial charge in [0.2, 0.25) is 10.0 Å². The predicted molar refractivity (Wildman–Crippen MR) is 147 cm³/mol. The molecular formula is C30H35N3O3S. The van der Waals surface area contributed by atoms with Crippen molar-refractivity contribution in [3.05, 3.63) is 94.5 Å². The fourth-order valence-electron chi connectivity index (χ4n) is 5.71. The first-order valence-electron chi connectivity index (χ1n) is 13.1. The molecule has 6 nitrogen and oxygen atoms in total. The summed E-state index contributed by atoms with van der Waals surface area (Å²) in [6.07, 6.45) is 3.12. The van der Waals surface area contributed by atoms with Crippen molar-refractivity contribution >= 4 is 21.6 Å². The molecule has 0 saturated carbocycles. The molecule has 194 valence electrons. The third-order valence-electron chi connectivity index (χ3n) is 7.71. The molecule has 3 aromatic carbocycles. The zero-order valence-corrected chi connectivity index (χ0v) is 22.4. The Balaban J connectivity index is 1.29. The summed E-state index contributed by atoms with van der Waals surface area (Å²) in [5, 5.41) is 3.03. The first kappa shape index (κ1) is 25.6. The fourth-order valence-corrected chi connectivity index (χ4v) is 7.39. The van der Waals surface area contributed by atoms with Crippen molar-refractivity contribution in [1.29, 1.82) is 0 Å². The van der Waals surface area contributed by atoms with Crippen LogP contribution < -0.4 is 10.0 Å². The lowest BCUT2D eigenvalue weighted by Crippen LogP contribution is -2.49. The van der Waals surface area contributed by atoms with Gasteiger partial charge in [0.15, 0.2) is 0 Å². The molecule has 0 spiro atoms. The summed E-state index contributed by atoms with van der Waals surface area (Å²) in [6, 6.07) is 21.2. The van der Waals surface area contributed by atoms with Crippen LogP contribution in [0.15, 0.2) is 71.6 Å².